The smallest absolute Gasteiger partial charge is 0.322 e. The fourth-order valence-corrected chi connectivity index (χ4v) is 4.06. The SMILES string of the molecule is CCCN(CC(=O)Nc1cc(-c2ccccc2)nn1-c1ccccc1Cl)C(=O)Nc1ccccc1OC. The average Bonchev–Trinajstić information content (AvgIpc) is 3.32. The molecule has 0 aliphatic heterocycles. The molecule has 1 heterocycles. The van der Waals surface area contributed by atoms with Crippen LogP contribution in [0.2, 0.25) is 5.02 Å². The van der Waals surface area contributed by atoms with Crippen LogP contribution in [0.3, 0.4) is 0 Å². The van der Waals surface area contributed by atoms with Gasteiger partial charge in [0.15, 0.2) is 0 Å². The Morgan fingerprint density at radius 1 is 0.973 bits per heavy atom. The van der Waals surface area contributed by atoms with Crippen molar-refractivity contribution < 1.29 is 14.3 Å². The van der Waals surface area contributed by atoms with E-state index < -0.39 is 6.03 Å². The predicted molar refractivity (Wildman–Crippen MR) is 147 cm³/mol. The Balaban J connectivity index is 1.56. The quantitative estimate of drug-likeness (QED) is 0.281. The third kappa shape index (κ3) is 6.29. The summed E-state index contributed by atoms with van der Waals surface area (Å²) in [5.74, 6) is 0.615. The van der Waals surface area contributed by atoms with E-state index in [1.165, 1.54) is 12.0 Å². The van der Waals surface area contributed by atoms with Crippen LogP contribution in [-0.4, -0.2) is 46.8 Å². The van der Waals surface area contributed by atoms with Crippen LogP contribution in [-0.2, 0) is 4.79 Å². The van der Waals surface area contributed by atoms with Crippen molar-refractivity contribution in [2.45, 2.75) is 13.3 Å². The summed E-state index contributed by atoms with van der Waals surface area (Å²) in [7, 11) is 1.54. The molecular weight excluding hydrogens is 490 g/mol. The summed E-state index contributed by atoms with van der Waals surface area (Å²) >= 11 is 6.45. The standard InChI is InChI=1S/C28H28ClN5O3/c1-3-17-33(28(36)30-22-14-8-10-16-25(22)37-2)19-27(35)31-26-18-23(20-11-5-4-6-12-20)32-34(26)24-15-9-7-13-21(24)29/h4-16,18H,3,17,19H2,1-2H3,(H,30,36)(H,31,35). The van der Waals surface area contributed by atoms with Crippen molar-refractivity contribution >= 4 is 35.0 Å². The molecule has 9 heteroatoms. The normalized spacial score (nSPS) is 10.6. The van der Waals surface area contributed by atoms with E-state index in [0.29, 0.717) is 46.6 Å². The number of benzene rings is 3. The van der Waals surface area contributed by atoms with Crippen LogP contribution in [0.5, 0.6) is 5.75 Å². The van der Waals surface area contributed by atoms with Gasteiger partial charge in [0.05, 0.1) is 29.2 Å². The van der Waals surface area contributed by atoms with Gasteiger partial charge >= 0.3 is 6.03 Å². The van der Waals surface area contributed by atoms with Crippen LogP contribution in [0, 0.1) is 0 Å². The van der Waals surface area contributed by atoms with Gasteiger partial charge in [-0.05, 0) is 30.7 Å². The first-order valence-corrected chi connectivity index (χ1v) is 12.3. The van der Waals surface area contributed by atoms with Crippen LogP contribution in [0.4, 0.5) is 16.3 Å². The predicted octanol–water partition coefficient (Wildman–Crippen LogP) is 6.08. The molecule has 0 unspecified atom stereocenters. The zero-order chi connectivity index (χ0) is 26.2. The molecule has 2 N–H and O–H groups in total. The fourth-order valence-electron chi connectivity index (χ4n) is 3.85. The molecule has 190 valence electrons. The maximum absolute atomic E-state index is 13.2. The Bertz CT molecular complexity index is 1370. The lowest BCUT2D eigenvalue weighted by molar-refractivity contribution is -0.116. The van der Waals surface area contributed by atoms with Gasteiger partial charge in [-0.25, -0.2) is 9.48 Å². The number of carbonyl (C=O) groups is 2. The first-order valence-electron chi connectivity index (χ1n) is 11.9. The Morgan fingerprint density at radius 2 is 1.68 bits per heavy atom. The van der Waals surface area contributed by atoms with E-state index in [4.69, 9.17) is 21.4 Å². The minimum atomic E-state index is -0.397. The monoisotopic (exact) mass is 517 g/mol. The van der Waals surface area contributed by atoms with Crippen molar-refractivity contribution in [3.63, 3.8) is 0 Å². The Kier molecular flexibility index (Phi) is 8.43. The van der Waals surface area contributed by atoms with Crippen molar-refractivity contribution in [3.8, 4) is 22.7 Å². The zero-order valence-electron chi connectivity index (χ0n) is 20.6. The molecule has 3 aromatic carbocycles. The lowest BCUT2D eigenvalue weighted by Gasteiger charge is -2.22. The maximum atomic E-state index is 13.2. The van der Waals surface area contributed by atoms with E-state index in [2.05, 4.69) is 10.6 Å². The second-order valence-corrected chi connectivity index (χ2v) is 8.65. The first-order chi connectivity index (χ1) is 18.0. The summed E-state index contributed by atoms with van der Waals surface area (Å²) in [6.45, 7) is 2.19. The van der Waals surface area contributed by atoms with Gasteiger partial charge < -0.3 is 20.3 Å². The van der Waals surface area contributed by atoms with Gasteiger partial charge in [-0.15, -0.1) is 0 Å². The van der Waals surface area contributed by atoms with E-state index >= 15 is 0 Å². The molecule has 3 amide bonds. The molecule has 0 atom stereocenters. The number of aromatic nitrogens is 2. The lowest BCUT2D eigenvalue weighted by atomic mass is 10.1. The first kappa shape index (κ1) is 25.8. The van der Waals surface area contributed by atoms with E-state index in [9.17, 15) is 9.59 Å². The van der Waals surface area contributed by atoms with Crippen molar-refractivity contribution in [1.82, 2.24) is 14.7 Å². The van der Waals surface area contributed by atoms with Gasteiger partial charge in [0.2, 0.25) is 5.91 Å². The lowest BCUT2D eigenvalue weighted by Crippen LogP contribution is -2.41. The third-order valence-electron chi connectivity index (χ3n) is 5.59. The summed E-state index contributed by atoms with van der Waals surface area (Å²) in [6.07, 6.45) is 0.683. The maximum Gasteiger partial charge on any atom is 0.322 e. The molecular formula is C28H28ClN5O3. The number of hydrogen-bond acceptors (Lipinski definition) is 4. The van der Waals surface area contributed by atoms with Crippen molar-refractivity contribution in [3.05, 3.63) is 90.0 Å². The summed E-state index contributed by atoms with van der Waals surface area (Å²) < 4.78 is 6.92. The Morgan fingerprint density at radius 3 is 2.41 bits per heavy atom. The van der Waals surface area contributed by atoms with E-state index in [0.717, 1.165) is 5.56 Å². The minimum absolute atomic E-state index is 0.150. The van der Waals surface area contributed by atoms with Crippen molar-refractivity contribution in [1.29, 1.82) is 0 Å². The highest BCUT2D eigenvalue weighted by Crippen LogP contribution is 2.28. The number of halogens is 1. The number of urea groups is 1. The number of methoxy groups -OCH3 is 1. The summed E-state index contributed by atoms with van der Waals surface area (Å²) in [6, 6.07) is 25.4. The molecule has 4 rings (SSSR count). The highest BCUT2D eigenvalue weighted by molar-refractivity contribution is 6.32. The molecule has 0 aliphatic rings. The van der Waals surface area contributed by atoms with Crippen LogP contribution < -0.4 is 15.4 Å². The van der Waals surface area contributed by atoms with Crippen molar-refractivity contribution in [2.24, 2.45) is 0 Å². The minimum Gasteiger partial charge on any atom is -0.495 e. The highest BCUT2D eigenvalue weighted by Gasteiger charge is 2.20. The van der Waals surface area contributed by atoms with Gasteiger partial charge in [0, 0.05) is 18.2 Å². The number of rotatable bonds is 9. The van der Waals surface area contributed by atoms with Crippen LogP contribution in [0.1, 0.15) is 13.3 Å². The number of hydrogen-bond donors (Lipinski definition) is 2. The molecule has 37 heavy (non-hydrogen) atoms. The number of nitrogens with zero attached hydrogens (tertiary/aromatic N) is 3. The number of carbonyl (C=O) groups excluding carboxylic acids is 2. The van der Waals surface area contributed by atoms with Gasteiger partial charge in [0.25, 0.3) is 0 Å². The van der Waals surface area contributed by atoms with Crippen LogP contribution in [0.25, 0.3) is 16.9 Å². The van der Waals surface area contributed by atoms with Crippen molar-refractivity contribution in [2.75, 3.05) is 30.8 Å². The molecule has 0 spiro atoms. The largest absolute Gasteiger partial charge is 0.495 e. The molecule has 8 nitrogen and oxygen atoms in total. The number of ether oxygens (including phenoxy) is 1. The second-order valence-electron chi connectivity index (χ2n) is 8.24. The van der Waals surface area contributed by atoms with E-state index in [1.54, 1.807) is 35.0 Å². The number of para-hydroxylation sites is 3. The van der Waals surface area contributed by atoms with Crippen LogP contribution in [0.15, 0.2) is 84.9 Å². The summed E-state index contributed by atoms with van der Waals surface area (Å²) in [4.78, 5) is 27.6. The highest BCUT2D eigenvalue weighted by atomic mass is 35.5. The topological polar surface area (TPSA) is 88.5 Å². The average molecular weight is 518 g/mol. The molecule has 0 radical (unpaired) electrons. The molecule has 1 aromatic heterocycles. The number of amides is 3. The third-order valence-corrected chi connectivity index (χ3v) is 5.91. The fraction of sp³-hybridized carbons (Fsp3) is 0.179. The van der Waals surface area contributed by atoms with Gasteiger partial charge in [-0.3, -0.25) is 4.79 Å². The van der Waals surface area contributed by atoms with Gasteiger partial charge in [-0.2, -0.15) is 5.10 Å². The second kappa shape index (κ2) is 12.1. The number of nitrogens with one attached hydrogen (secondary N) is 2. The molecule has 4 aromatic rings. The van der Waals surface area contributed by atoms with Gasteiger partial charge in [0.1, 0.15) is 18.1 Å². The Hall–Kier alpha value is -4.30. The number of anilines is 2. The van der Waals surface area contributed by atoms with E-state index in [1.807, 2.05) is 61.5 Å². The van der Waals surface area contributed by atoms with Crippen LogP contribution >= 0.6 is 11.6 Å². The zero-order valence-corrected chi connectivity index (χ0v) is 21.4. The molecule has 0 aliphatic carbocycles. The van der Waals surface area contributed by atoms with Gasteiger partial charge in [-0.1, -0.05) is 73.1 Å². The molecule has 0 saturated carbocycles. The molecule has 0 fully saturated rings. The Labute approximate surface area is 220 Å². The summed E-state index contributed by atoms with van der Waals surface area (Å²) in [5.41, 5.74) is 2.73. The van der Waals surface area contributed by atoms with E-state index in [-0.39, 0.29) is 12.5 Å². The molecule has 0 saturated heterocycles. The molecule has 0 bridgehead atoms. The summed E-state index contributed by atoms with van der Waals surface area (Å²) in [5, 5.41) is 10.9.